The highest BCUT2D eigenvalue weighted by molar-refractivity contribution is 6.33. The Labute approximate surface area is 113 Å². The van der Waals surface area contributed by atoms with E-state index >= 15 is 0 Å². The number of nitrogens with one attached hydrogen (secondary N) is 1. The zero-order chi connectivity index (χ0) is 13.1. The molecule has 0 radical (unpaired) electrons. The summed E-state index contributed by atoms with van der Waals surface area (Å²) < 4.78 is 0. The van der Waals surface area contributed by atoms with Crippen molar-refractivity contribution in [2.75, 3.05) is 5.32 Å². The molecule has 2 N–H and O–H groups in total. The standard InChI is InChI=1S/C12H8Cl2N2O2/c13-8-3-1-2-4-9(8)15-11-6-7(12(17)18)5-10(14)16-11/h1-6H,(H,15,16)(H,17,18). The van der Waals surface area contributed by atoms with Gasteiger partial charge in [-0.2, -0.15) is 0 Å². The minimum atomic E-state index is -1.07. The van der Waals surface area contributed by atoms with Gasteiger partial charge in [0, 0.05) is 0 Å². The van der Waals surface area contributed by atoms with Crippen LogP contribution in [0, 0.1) is 0 Å². The van der Waals surface area contributed by atoms with Gasteiger partial charge in [0.15, 0.2) is 0 Å². The summed E-state index contributed by atoms with van der Waals surface area (Å²) in [5.41, 5.74) is 0.690. The number of para-hydroxylation sites is 1. The van der Waals surface area contributed by atoms with Crippen LogP contribution >= 0.6 is 23.2 Å². The topological polar surface area (TPSA) is 62.2 Å². The van der Waals surface area contributed by atoms with E-state index in [-0.39, 0.29) is 10.7 Å². The first kappa shape index (κ1) is 12.7. The van der Waals surface area contributed by atoms with E-state index in [2.05, 4.69) is 10.3 Å². The first-order valence-electron chi connectivity index (χ1n) is 4.98. The van der Waals surface area contributed by atoms with Crippen LogP contribution in [0.4, 0.5) is 11.5 Å². The summed E-state index contributed by atoms with van der Waals surface area (Å²) in [5, 5.41) is 12.4. The second kappa shape index (κ2) is 5.25. The number of carboxylic acids is 1. The first-order chi connectivity index (χ1) is 8.56. The van der Waals surface area contributed by atoms with Gasteiger partial charge in [0.2, 0.25) is 0 Å². The summed E-state index contributed by atoms with van der Waals surface area (Å²) in [6.07, 6.45) is 0. The fourth-order valence-corrected chi connectivity index (χ4v) is 1.78. The molecule has 4 nitrogen and oxygen atoms in total. The highest BCUT2D eigenvalue weighted by Crippen LogP contribution is 2.25. The Morgan fingerprint density at radius 2 is 1.94 bits per heavy atom. The smallest absolute Gasteiger partial charge is 0.335 e. The first-order valence-corrected chi connectivity index (χ1v) is 5.74. The van der Waals surface area contributed by atoms with Crippen LogP contribution in [0.15, 0.2) is 36.4 Å². The van der Waals surface area contributed by atoms with Crippen LogP contribution < -0.4 is 5.32 Å². The average molecular weight is 283 g/mol. The Balaban J connectivity index is 2.35. The van der Waals surface area contributed by atoms with Crippen molar-refractivity contribution in [2.24, 2.45) is 0 Å². The van der Waals surface area contributed by atoms with Crippen molar-refractivity contribution in [1.82, 2.24) is 4.98 Å². The van der Waals surface area contributed by atoms with E-state index in [0.29, 0.717) is 16.5 Å². The Morgan fingerprint density at radius 1 is 1.22 bits per heavy atom. The quantitative estimate of drug-likeness (QED) is 0.840. The summed E-state index contributed by atoms with van der Waals surface area (Å²) in [4.78, 5) is 14.9. The molecule has 0 fully saturated rings. The second-order valence-electron chi connectivity index (χ2n) is 3.47. The molecule has 0 aliphatic carbocycles. The Hall–Kier alpha value is -1.78. The number of carboxylic acid groups (broad SMARTS) is 1. The van der Waals surface area contributed by atoms with Crippen molar-refractivity contribution in [3.8, 4) is 0 Å². The van der Waals surface area contributed by atoms with Crippen molar-refractivity contribution in [1.29, 1.82) is 0 Å². The molecule has 0 saturated heterocycles. The molecule has 1 aromatic heterocycles. The lowest BCUT2D eigenvalue weighted by molar-refractivity contribution is 0.0697. The number of nitrogens with zero attached hydrogens (tertiary/aromatic N) is 1. The number of benzene rings is 1. The average Bonchev–Trinajstić information content (AvgIpc) is 2.31. The normalized spacial score (nSPS) is 10.1. The van der Waals surface area contributed by atoms with Gasteiger partial charge in [0.25, 0.3) is 0 Å². The van der Waals surface area contributed by atoms with Crippen molar-refractivity contribution >= 4 is 40.7 Å². The van der Waals surface area contributed by atoms with Crippen LogP contribution in [0.2, 0.25) is 10.2 Å². The molecule has 2 rings (SSSR count). The molecule has 1 aromatic carbocycles. The minimum absolute atomic E-state index is 0.0598. The maximum atomic E-state index is 10.9. The van der Waals surface area contributed by atoms with E-state index in [4.69, 9.17) is 28.3 Å². The minimum Gasteiger partial charge on any atom is -0.478 e. The van der Waals surface area contributed by atoms with E-state index in [0.717, 1.165) is 0 Å². The molecule has 18 heavy (non-hydrogen) atoms. The van der Waals surface area contributed by atoms with Gasteiger partial charge >= 0.3 is 5.97 Å². The molecule has 2 aromatic rings. The van der Waals surface area contributed by atoms with Crippen molar-refractivity contribution < 1.29 is 9.90 Å². The molecule has 0 aliphatic rings. The van der Waals surface area contributed by atoms with Gasteiger partial charge < -0.3 is 10.4 Å². The number of rotatable bonds is 3. The lowest BCUT2D eigenvalue weighted by Crippen LogP contribution is -2.01. The second-order valence-corrected chi connectivity index (χ2v) is 4.27. The van der Waals surface area contributed by atoms with Gasteiger partial charge in [0.05, 0.1) is 16.3 Å². The summed E-state index contributed by atoms with van der Waals surface area (Å²) in [5.74, 6) is -0.741. The highest BCUT2D eigenvalue weighted by Gasteiger charge is 2.08. The van der Waals surface area contributed by atoms with Gasteiger partial charge in [-0.15, -0.1) is 0 Å². The molecule has 0 unspecified atom stereocenters. The molecular formula is C12H8Cl2N2O2. The molecule has 92 valence electrons. The molecule has 0 atom stereocenters. The number of carbonyl (C=O) groups is 1. The van der Waals surface area contributed by atoms with E-state index in [1.807, 2.05) is 0 Å². The molecule has 0 amide bonds. The fraction of sp³-hybridized carbons (Fsp3) is 0. The van der Waals surface area contributed by atoms with Gasteiger partial charge in [-0.1, -0.05) is 35.3 Å². The molecule has 0 spiro atoms. The third-order valence-corrected chi connectivity index (χ3v) is 2.70. The summed E-state index contributed by atoms with van der Waals surface area (Å²) in [6, 6.07) is 9.73. The monoisotopic (exact) mass is 282 g/mol. The fourth-order valence-electron chi connectivity index (χ4n) is 1.38. The molecular weight excluding hydrogens is 275 g/mol. The van der Waals surface area contributed by atoms with Gasteiger partial charge in [-0.05, 0) is 24.3 Å². The highest BCUT2D eigenvalue weighted by atomic mass is 35.5. The van der Waals surface area contributed by atoms with Crippen LogP contribution in [0.5, 0.6) is 0 Å². The predicted molar refractivity (Wildman–Crippen MR) is 70.9 cm³/mol. The van der Waals surface area contributed by atoms with E-state index in [9.17, 15) is 4.79 Å². The Morgan fingerprint density at radius 3 is 2.61 bits per heavy atom. The molecule has 1 heterocycles. The van der Waals surface area contributed by atoms with E-state index in [1.54, 1.807) is 24.3 Å². The maximum Gasteiger partial charge on any atom is 0.335 e. The number of pyridine rings is 1. The van der Waals surface area contributed by atoms with Crippen LogP contribution in [-0.2, 0) is 0 Å². The number of halogens is 2. The van der Waals surface area contributed by atoms with Gasteiger partial charge in [0.1, 0.15) is 11.0 Å². The van der Waals surface area contributed by atoms with Gasteiger partial charge in [-0.3, -0.25) is 0 Å². The summed E-state index contributed by atoms with van der Waals surface area (Å²) >= 11 is 11.7. The number of aromatic carboxylic acids is 1. The van der Waals surface area contributed by atoms with Crippen molar-refractivity contribution in [3.63, 3.8) is 0 Å². The lowest BCUT2D eigenvalue weighted by atomic mass is 10.2. The number of anilines is 2. The predicted octanol–water partition coefficient (Wildman–Crippen LogP) is 3.83. The Kier molecular flexibility index (Phi) is 3.69. The van der Waals surface area contributed by atoms with E-state index in [1.165, 1.54) is 12.1 Å². The number of aromatic nitrogens is 1. The number of hydrogen-bond donors (Lipinski definition) is 2. The lowest BCUT2D eigenvalue weighted by Gasteiger charge is -2.08. The van der Waals surface area contributed by atoms with Crippen LogP contribution in [0.1, 0.15) is 10.4 Å². The largest absolute Gasteiger partial charge is 0.478 e. The zero-order valence-corrected chi connectivity index (χ0v) is 10.5. The maximum absolute atomic E-state index is 10.9. The molecule has 6 heteroatoms. The third kappa shape index (κ3) is 2.91. The van der Waals surface area contributed by atoms with Crippen molar-refractivity contribution in [2.45, 2.75) is 0 Å². The van der Waals surface area contributed by atoms with Crippen molar-refractivity contribution in [3.05, 3.63) is 52.1 Å². The number of hydrogen-bond acceptors (Lipinski definition) is 3. The Bertz CT molecular complexity index is 602. The molecule has 0 saturated carbocycles. The molecule has 0 aliphatic heterocycles. The van der Waals surface area contributed by atoms with Crippen LogP contribution in [0.3, 0.4) is 0 Å². The summed E-state index contributed by atoms with van der Waals surface area (Å²) in [7, 11) is 0. The summed E-state index contributed by atoms with van der Waals surface area (Å²) in [6.45, 7) is 0. The van der Waals surface area contributed by atoms with Gasteiger partial charge in [-0.25, -0.2) is 9.78 Å². The van der Waals surface area contributed by atoms with E-state index < -0.39 is 5.97 Å². The zero-order valence-electron chi connectivity index (χ0n) is 9.02. The SMILES string of the molecule is O=C(O)c1cc(Cl)nc(Nc2ccccc2Cl)c1. The van der Waals surface area contributed by atoms with Crippen LogP contribution in [0.25, 0.3) is 0 Å². The molecule has 0 bridgehead atoms. The van der Waals surface area contributed by atoms with Crippen LogP contribution in [-0.4, -0.2) is 16.1 Å². The third-order valence-electron chi connectivity index (χ3n) is 2.18.